The molecule has 0 aliphatic carbocycles. The van der Waals surface area contributed by atoms with Crippen LogP contribution >= 0.6 is 0 Å². The highest BCUT2D eigenvalue weighted by atomic mass is 16.5. The number of carbonyl (C=O) groups excluding carboxylic acids is 1. The van der Waals surface area contributed by atoms with Crippen LogP contribution in [0.4, 0.5) is 0 Å². The van der Waals surface area contributed by atoms with Crippen LogP contribution in [0, 0.1) is 0 Å². The molecule has 2 heterocycles. The maximum absolute atomic E-state index is 12.7. The molecule has 1 unspecified atom stereocenters. The smallest absolute Gasteiger partial charge is 0.240 e. The Morgan fingerprint density at radius 3 is 2.67 bits per heavy atom. The second-order valence-electron chi connectivity index (χ2n) is 6.96. The largest absolute Gasteiger partial charge is 0.379 e. The molecule has 122 valence electrons. The van der Waals surface area contributed by atoms with Crippen molar-refractivity contribution in [2.45, 2.75) is 57.5 Å². The fourth-order valence-corrected chi connectivity index (χ4v) is 3.50. The topological polar surface area (TPSA) is 53.6 Å². The van der Waals surface area contributed by atoms with Crippen molar-refractivity contribution in [2.75, 3.05) is 39.4 Å². The molecule has 2 N–H and O–H groups in total. The van der Waals surface area contributed by atoms with Gasteiger partial charge in [0.1, 0.15) is 0 Å². The summed E-state index contributed by atoms with van der Waals surface area (Å²) in [6.45, 7) is 11.7. The summed E-state index contributed by atoms with van der Waals surface area (Å²) in [6.07, 6.45) is 4.02. The Morgan fingerprint density at radius 2 is 2.10 bits per heavy atom. The first-order chi connectivity index (χ1) is 10.0. The van der Waals surface area contributed by atoms with E-state index in [9.17, 15) is 4.79 Å². The minimum absolute atomic E-state index is 0.0224. The van der Waals surface area contributed by atoms with Gasteiger partial charge in [-0.05, 0) is 39.7 Å². The van der Waals surface area contributed by atoms with Crippen LogP contribution < -0.4 is 10.6 Å². The number of nitrogens with one attached hydrogen (secondary N) is 2. The zero-order valence-corrected chi connectivity index (χ0v) is 13.8. The molecular weight excluding hydrogens is 266 g/mol. The minimum atomic E-state index is -0.324. The van der Waals surface area contributed by atoms with Gasteiger partial charge >= 0.3 is 0 Å². The van der Waals surface area contributed by atoms with Gasteiger partial charge in [-0.1, -0.05) is 13.3 Å². The lowest BCUT2D eigenvalue weighted by atomic mass is 9.90. The molecule has 2 fully saturated rings. The van der Waals surface area contributed by atoms with Crippen LogP contribution in [-0.4, -0.2) is 61.3 Å². The van der Waals surface area contributed by atoms with E-state index in [2.05, 4.69) is 36.3 Å². The fourth-order valence-electron chi connectivity index (χ4n) is 3.50. The second-order valence-corrected chi connectivity index (χ2v) is 6.96. The normalized spacial score (nSPS) is 27.8. The zero-order chi connectivity index (χ0) is 15.3. The van der Waals surface area contributed by atoms with E-state index in [-0.39, 0.29) is 17.0 Å². The second kappa shape index (κ2) is 7.07. The van der Waals surface area contributed by atoms with E-state index in [4.69, 9.17) is 4.74 Å². The van der Waals surface area contributed by atoms with Crippen molar-refractivity contribution in [3.63, 3.8) is 0 Å². The van der Waals surface area contributed by atoms with Crippen LogP contribution in [0.1, 0.15) is 46.5 Å². The van der Waals surface area contributed by atoms with Crippen LogP contribution in [0.3, 0.4) is 0 Å². The van der Waals surface area contributed by atoms with Gasteiger partial charge in [0.2, 0.25) is 5.91 Å². The Hall–Kier alpha value is -0.650. The lowest BCUT2D eigenvalue weighted by molar-refractivity contribution is -0.128. The highest BCUT2D eigenvalue weighted by Gasteiger charge is 2.40. The van der Waals surface area contributed by atoms with Gasteiger partial charge < -0.3 is 15.4 Å². The highest BCUT2D eigenvalue weighted by molar-refractivity contribution is 5.86. The molecule has 1 amide bonds. The van der Waals surface area contributed by atoms with Crippen molar-refractivity contribution in [1.82, 2.24) is 15.5 Å². The van der Waals surface area contributed by atoms with E-state index >= 15 is 0 Å². The Morgan fingerprint density at radius 1 is 1.38 bits per heavy atom. The van der Waals surface area contributed by atoms with Gasteiger partial charge in [0.05, 0.1) is 18.8 Å². The van der Waals surface area contributed by atoms with Crippen LogP contribution in [0.5, 0.6) is 0 Å². The molecule has 2 saturated heterocycles. The maximum Gasteiger partial charge on any atom is 0.240 e. The van der Waals surface area contributed by atoms with E-state index < -0.39 is 0 Å². The van der Waals surface area contributed by atoms with Crippen molar-refractivity contribution in [3.8, 4) is 0 Å². The number of hydrogen-bond donors (Lipinski definition) is 2. The van der Waals surface area contributed by atoms with Crippen molar-refractivity contribution in [1.29, 1.82) is 0 Å². The lowest BCUT2D eigenvalue weighted by Crippen LogP contribution is -2.59. The fraction of sp³-hybridized carbons (Fsp3) is 0.938. The molecule has 0 spiro atoms. The average molecular weight is 297 g/mol. The van der Waals surface area contributed by atoms with Gasteiger partial charge in [-0.2, -0.15) is 0 Å². The number of nitrogens with zero attached hydrogens (tertiary/aromatic N) is 1. The highest BCUT2D eigenvalue weighted by Crippen LogP contribution is 2.25. The quantitative estimate of drug-likeness (QED) is 0.772. The average Bonchev–Trinajstić information content (AvgIpc) is 2.96. The van der Waals surface area contributed by atoms with E-state index in [1.54, 1.807) is 0 Å². The molecule has 21 heavy (non-hydrogen) atoms. The Labute approximate surface area is 128 Å². The summed E-state index contributed by atoms with van der Waals surface area (Å²) in [5.74, 6) is 0.184. The van der Waals surface area contributed by atoms with Gasteiger partial charge in [0, 0.05) is 25.2 Å². The summed E-state index contributed by atoms with van der Waals surface area (Å²) in [6, 6.07) is 0. The summed E-state index contributed by atoms with van der Waals surface area (Å²) >= 11 is 0. The maximum atomic E-state index is 12.7. The first kappa shape index (κ1) is 16.7. The van der Waals surface area contributed by atoms with Crippen LogP contribution in [0.15, 0.2) is 0 Å². The van der Waals surface area contributed by atoms with Crippen LogP contribution in [0.25, 0.3) is 0 Å². The van der Waals surface area contributed by atoms with Crippen molar-refractivity contribution in [3.05, 3.63) is 0 Å². The Balaban J connectivity index is 1.89. The molecule has 0 aromatic carbocycles. The SMILES string of the molecule is CCCC1(C(=O)NCC(C)(C)N2CCOCC2)CCCN1. The van der Waals surface area contributed by atoms with Gasteiger partial charge in [0.25, 0.3) is 0 Å². The molecule has 2 rings (SSSR count). The molecule has 5 heteroatoms. The third-order valence-electron chi connectivity index (χ3n) is 4.90. The first-order valence-electron chi connectivity index (χ1n) is 8.36. The molecule has 0 radical (unpaired) electrons. The van der Waals surface area contributed by atoms with Crippen molar-refractivity contribution < 1.29 is 9.53 Å². The van der Waals surface area contributed by atoms with Gasteiger partial charge in [-0.25, -0.2) is 0 Å². The third-order valence-corrected chi connectivity index (χ3v) is 4.90. The number of ether oxygens (including phenoxy) is 1. The summed E-state index contributed by atoms with van der Waals surface area (Å²) in [7, 11) is 0. The van der Waals surface area contributed by atoms with E-state index in [0.717, 1.165) is 58.5 Å². The minimum Gasteiger partial charge on any atom is -0.379 e. The predicted molar refractivity (Wildman–Crippen MR) is 84.4 cm³/mol. The lowest BCUT2D eigenvalue weighted by Gasteiger charge is -2.41. The summed E-state index contributed by atoms with van der Waals surface area (Å²) < 4.78 is 5.41. The van der Waals surface area contributed by atoms with Crippen molar-refractivity contribution in [2.24, 2.45) is 0 Å². The Kier molecular flexibility index (Phi) is 5.63. The number of morpholine rings is 1. The standard InChI is InChI=1S/C16H31N3O2/c1-4-6-16(7-5-8-18-16)14(20)17-13-15(2,3)19-9-11-21-12-10-19/h18H,4-13H2,1-3H3,(H,17,20). The predicted octanol–water partition coefficient (Wildman–Crippen LogP) is 1.14. The van der Waals surface area contributed by atoms with Gasteiger partial charge in [-0.15, -0.1) is 0 Å². The van der Waals surface area contributed by atoms with E-state index in [1.807, 2.05) is 0 Å². The molecule has 1 atom stereocenters. The molecule has 0 aromatic rings. The molecule has 2 aliphatic heterocycles. The molecule has 5 nitrogen and oxygen atoms in total. The number of amides is 1. The molecule has 0 aromatic heterocycles. The summed E-state index contributed by atoms with van der Waals surface area (Å²) in [5.41, 5.74) is -0.346. The molecule has 0 bridgehead atoms. The molecule has 2 aliphatic rings. The van der Waals surface area contributed by atoms with Crippen molar-refractivity contribution >= 4 is 5.91 Å². The number of carbonyl (C=O) groups is 1. The third kappa shape index (κ3) is 3.96. The van der Waals surface area contributed by atoms with Gasteiger partial charge in [-0.3, -0.25) is 9.69 Å². The van der Waals surface area contributed by atoms with Crippen LogP contribution in [0.2, 0.25) is 0 Å². The molecule has 0 saturated carbocycles. The first-order valence-corrected chi connectivity index (χ1v) is 8.36. The van der Waals surface area contributed by atoms with Crippen LogP contribution in [-0.2, 0) is 9.53 Å². The number of rotatable bonds is 6. The zero-order valence-electron chi connectivity index (χ0n) is 13.8. The summed E-state index contributed by atoms with van der Waals surface area (Å²) in [4.78, 5) is 15.1. The van der Waals surface area contributed by atoms with E-state index in [1.165, 1.54) is 0 Å². The Bertz CT molecular complexity index is 345. The van der Waals surface area contributed by atoms with Gasteiger partial charge in [0.15, 0.2) is 0 Å². The van der Waals surface area contributed by atoms with E-state index in [0.29, 0.717) is 6.54 Å². The number of hydrogen-bond acceptors (Lipinski definition) is 4. The monoisotopic (exact) mass is 297 g/mol. The molecular formula is C16H31N3O2. The summed E-state index contributed by atoms with van der Waals surface area (Å²) in [5, 5.41) is 6.64.